The van der Waals surface area contributed by atoms with Gasteiger partial charge in [-0.25, -0.2) is 0 Å². The molecule has 1 unspecified atom stereocenters. The third-order valence-corrected chi connectivity index (χ3v) is 6.50. The van der Waals surface area contributed by atoms with E-state index in [0.717, 1.165) is 28.2 Å². The first-order valence-corrected chi connectivity index (χ1v) is 11.6. The van der Waals surface area contributed by atoms with Crippen LogP contribution >= 0.6 is 11.3 Å². The maximum absolute atomic E-state index is 12.8. The lowest BCUT2D eigenvalue weighted by molar-refractivity contribution is -0.122. The molecule has 1 aliphatic rings. The summed E-state index contributed by atoms with van der Waals surface area (Å²) in [5, 5.41) is 12.3. The van der Waals surface area contributed by atoms with Gasteiger partial charge in [0.05, 0.1) is 20.1 Å². The standard InChI is InChI=1S/C24H26N4O4S/c1-4-16-7-5-6-8-18(16)28-14-17(13-22(28)29)23(30)25-24-27-26-21(33-24)12-15-9-10-19(31-2)20(11-15)32-3/h5-11,17H,4,12-14H2,1-3H3,(H,25,27,30). The van der Waals surface area contributed by atoms with Crippen LogP contribution in [0.1, 0.15) is 29.5 Å². The molecule has 172 valence electrons. The summed E-state index contributed by atoms with van der Waals surface area (Å²) in [7, 11) is 3.19. The average molecular weight is 467 g/mol. The van der Waals surface area contributed by atoms with Crippen molar-refractivity contribution < 1.29 is 19.1 Å². The Morgan fingerprint density at radius 3 is 2.70 bits per heavy atom. The zero-order chi connectivity index (χ0) is 23.4. The molecule has 1 fully saturated rings. The van der Waals surface area contributed by atoms with E-state index in [9.17, 15) is 9.59 Å². The van der Waals surface area contributed by atoms with E-state index >= 15 is 0 Å². The van der Waals surface area contributed by atoms with Crippen LogP contribution in [0.25, 0.3) is 0 Å². The van der Waals surface area contributed by atoms with Crippen molar-refractivity contribution in [3.05, 3.63) is 58.6 Å². The molecule has 2 aromatic carbocycles. The lowest BCUT2D eigenvalue weighted by atomic mass is 10.1. The van der Waals surface area contributed by atoms with Crippen molar-refractivity contribution in [3.8, 4) is 11.5 Å². The number of amides is 2. The highest BCUT2D eigenvalue weighted by Crippen LogP contribution is 2.31. The van der Waals surface area contributed by atoms with E-state index in [1.807, 2.05) is 42.5 Å². The molecule has 0 bridgehead atoms. The maximum atomic E-state index is 12.8. The molecule has 9 heteroatoms. The Balaban J connectivity index is 1.39. The van der Waals surface area contributed by atoms with Crippen LogP contribution in [-0.2, 0) is 22.4 Å². The SMILES string of the molecule is CCc1ccccc1N1CC(C(=O)Nc2nnc(Cc3ccc(OC)c(OC)c3)s2)CC1=O. The molecular formula is C24H26N4O4S. The number of para-hydroxylation sites is 1. The first-order chi connectivity index (χ1) is 16.0. The summed E-state index contributed by atoms with van der Waals surface area (Å²) < 4.78 is 10.6. The van der Waals surface area contributed by atoms with E-state index < -0.39 is 5.92 Å². The number of carbonyl (C=O) groups excluding carboxylic acids is 2. The van der Waals surface area contributed by atoms with Gasteiger partial charge in [0.1, 0.15) is 5.01 Å². The molecular weight excluding hydrogens is 440 g/mol. The van der Waals surface area contributed by atoms with Crippen molar-refractivity contribution in [2.24, 2.45) is 5.92 Å². The van der Waals surface area contributed by atoms with Gasteiger partial charge in [-0.05, 0) is 35.7 Å². The van der Waals surface area contributed by atoms with E-state index in [0.29, 0.717) is 29.6 Å². The van der Waals surface area contributed by atoms with Crippen LogP contribution in [0.2, 0.25) is 0 Å². The highest BCUT2D eigenvalue weighted by molar-refractivity contribution is 7.15. The van der Waals surface area contributed by atoms with Gasteiger partial charge in [0, 0.05) is 25.1 Å². The second-order valence-electron chi connectivity index (χ2n) is 7.74. The number of benzene rings is 2. The summed E-state index contributed by atoms with van der Waals surface area (Å²) in [5.74, 6) is 0.623. The Labute approximate surface area is 196 Å². The fourth-order valence-corrected chi connectivity index (χ4v) is 4.71. The second-order valence-corrected chi connectivity index (χ2v) is 8.81. The first-order valence-electron chi connectivity index (χ1n) is 10.7. The number of anilines is 2. The molecule has 0 saturated carbocycles. The van der Waals surface area contributed by atoms with Crippen molar-refractivity contribution in [2.75, 3.05) is 31.0 Å². The molecule has 33 heavy (non-hydrogen) atoms. The Kier molecular flexibility index (Phi) is 6.88. The zero-order valence-corrected chi connectivity index (χ0v) is 19.6. The van der Waals surface area contributed by atoms with Gasteiger partial charge >= 0.3 is 0 Å². The molecule has 1 saturated heterocycles. The first kappa shape index (κ1) is 22.7. The number of hydrogen-bond donors (Lipinski definition) is 1. The smallest absolute Gasteiger partial charge is 0.231 e. The minimum Gasteiger partial charge on any atom is -0.493 e. The van der Waals surface area contributed by atoms with Crippen LogP contribution in [0.15, 0.2) is 42.5 Å². The molecule has 2 amide bonds. The molecule has 1 aromatic heterocycles. The summed E-state index contributed by atoms with van der Waals surface area (Å²) >= 11 is 1.32. The van der Waals surface area contributed by atoms with Crippen LogP contribution in [0, 0.1) is 5.92 Å². The molecule has 3 aromatic rings. The van der Waals surface area contributed by atoms with Crippen molar-refractivity contribution in [2.45, 2.75) is 26.2 Å². The molecule has 1 aliphatic heterocycles. The highest BCUT2D eigenvalue weighted by atomic mass is 32.1. The normalized spacial score (nSPS) is 15.5. The summed E-state index contributed by atoms with van der Waals surface area (Å²) in [6, 6.07) is 13.5. The predicted octanol–water partition coefficient (Wildman–Crippen LogP) is 3.70. The molecule has 8 nitrogen and oxygen atoms in total. The van der Waals surface area contributed by atoms with Crippen LogP contribution in [-0.4, -0.2) is 42.8 Å². The minimum absolute atomic E-state index is 0.0394. The highest BCUT2D eigenvalue weighted by Gasteiger charge is 2.36. The van der Waals surface area contributed by atoms with Crippen molar-refractivity contribution in [1.82, 2.24) is 10.2 Å². The Morgan fingerprint density at radius 2 is 1.94 bits per heavy atom. The molecule has 1 atom stereocenters. The fraction of sp³-hybridized carbons (Fsp3) is 0.333. The Morgan fingerprint density at radius 1 is 1.15 bits per heavy atom. The van der Waals surface area contributed by atoms with Gasteiger partial charge in [-0.3, -0.25) is 9.59 Å². The van der Waals surface area contributed by atoms with E-state index in [4.69, 9.17) is 9.47 Å². The number of ether oxygens (including phenoxy) is 2. The number of carbonyl (C=O) groups is 2. The number of nitrogens with one attached hydrogen (secondary N) is 1. The van der Waals surface area contributed by atoms with E-state index in [1.54, 1.807) is 19.1 Å². The third-order valence-electron chi connectivity index (χ3n) is 5.66. The summed E-state index contributed by atoms with van der Waals surface area (Å²) in [6.07, 6.45) is 1.56. The molecule has 0 spiro atoms. The van der Waals surface area contributed by atoms with Crippen molar-refractivity contribution in [3.63, 3.8) is 0 Å². The van der Waals surface area contributed by atoms with Gasteiger partial charge in [-0.1, -0.05) is 42.5 Å². The quantitative estimate of drug-likeness (QED) is 0.544. The number of rotatable bonds is 8. The Hall–Kier alpha value is -3.46. The van der Waals surface area contributed by atoms with Crippen LogP contribution in [0.3, 0.4) is 0 Å². The van der Waals surface area contributed by atoms with Gasteiger partial charge in [0.15, 0.2) is 11.5 Å². The van der Waals surface area contributed by atoms with Crippen LogP contribution in [0.5, 0.6) is 11.5 Å². The number of aromatic nitrogens is 2. The second kappa shape index (κ2) is 9.99. The van der Waals surface area contributed by atoms with Crippen molar-refractivity contribution >= 4 is 34.0 Å². The monoisotopic (exact) mass is 466 g/mol. The zero-order valence-electron chi connectivity index (χ0n) is 18.8. The average Bonchev–Trinajstić information content (AvgIpc) is 3.44. The predicted molar refractivity (Wildman–Crippen MR) is 127 cm³/mol. The minimum atomic E-state index is -0.430. The van der Waals surface area contributed by atoms with Crippen LogP contribution < -0.4 is 19.7 Å². The Bertz CT molecular complexity index is 1160. The molecule has 1 N–H and O–H groups in total. The van der Waals surface area contributed by atoms with E-state index in [-0.39, 0.29) is 18.2 Å². The van der Waals surface area contributed by atoms with Gasteiger partial charge in [-0.2, -0.15) is 0 Å². The van der Waals surface area contributed by atoms with E-state index in [2.05, 4.69) is 22.4 Å². The lowest BCUT2D eigenvalue weighted by Gasteiger charge is -2.19. The number of nitrogens with zero attached hydrogens (tertiary/aromatic N) is 3. The lowest BCUT2D eigenvalue weighted by Crippen LogP contribution is -2.28. The van der Waals surface area contributed by atoms with Crippen molar-refractivity contribution in [1.29, 1.82) is 0 Å². The van der Waals surface area contributed by atoms with Gasteiger partial charge in [-0.15, -0.1) is 10.2 Å². The topological polar surface area (TPSA) is 93.7 Å². The van der Waals surface area contributed by atoms with Crippen LogP contribution in [0.4, 0.5) is 10.8 Å². The number of hydrogen-bond acceptors (Lipinski definition) is 7. The third kappa shape index (κ3) is 4.98. The molecule has 4 rings (SSSR count). The largest absolute Gasteiger partial charge is 0.493 e. The summed E-state index contributed by atoms with van der Waals surface area (Å²) in [6.45, 7) is 2.41. The maximum Gasteiger partial charge on any atom is 0.231 e. The molecule has 0 radical (unpaired) electrons. The summed E-state index contributed by atoms with van der Waals surface area (Å²) in [5.41, 5.74) is 2.97. The van der Waals surface area contributed by atoms with Gasteiger partial charge in [0.2, 0.25) is 16.9 Å². The summed E-state index contributed by atoms with van der Waals surface area (Å²) in [4.78, 5) is 27.2. The number of aryl methyl sites for hydroxylation is 1. The van der Waals surface area contributed by atoms with Gasteiger partial charge in [0.25, 0.3) is 0 Å². The molecule has 0 aliphatic carbocycles. The number of methoxy groups -OCH3 is 2. The fourth-order valence-electron chi connectivity index (χ4n) is 3.94. The molecule has 2 heterocycles. The van der Waals surface area contributed by atoms with E-state index in [1.165, 1.54) is 11.3 Å². The van der Waals surface area contributed by atoms with Gasteiger partial charge < -0.3 is 19.7 Å².